The van der Waals surface area contributed by atoms with Crippen LogP contribution in [0.3, 0.4) is 0 Å². The molecule has 2 nitrogen and oxygen atoms in total. The van der Waals surface area contributed by atoms with Crippen molar-refractivity contribution in [2.75, 3.05) is 4.90 Å². The van der Waals surface area contributed by atoms with Crippen molar-refractivity contribution in [1.29, 1.82) is 0 Å². The third kappa shape index (κ3) is 4.07. The smallest absolute Gasteiger partial charge is 0.159 e. The zero-order valence-corrected chi connectivity index (χ0v) is 27.4. The van der Waals surface area contributed by atoms with Crippen LogP contribution in [0.5, 0.6) is 0 Å². The van der Waals surface area contributed by atoms with Crippen molar-refractivity contribution >= 4 is 60.5 Å². The molecule has 1 aromatic heterocycles. The van der Waals surface area contributed by atoms with Gasteiger partial charge < -0.3 is 9.32 Å². The van der Waals surface area contributed by atoms with Crippen LogP contribution in [0.2, 0.25) is 0 Å². The average Bonchev–Trinajstić information content (AvgIpc) is 3.65. The molecule has 232 valence electrons. The van der Waals surface area contributed by atoms with Crippen molar-refractivity contribution in [2.45, 2.75) is 19.3 Å². The molecule has 0 bridgehead atoms. The minimum Gasteiger partial charge on any atom is -0.454 e. The first-order chi connectivity index (χ1) is 24.1. The molecule has 9 aromatic rings. The zero-order chi connectivity index (χ0) is 32.7. The maximum atomic E-state index is 6.87. The molecule has 0 atom stereocenters. The lowest BCUT2D eigenvalue weighted by molar-refractivity contribution is 0.660. The van der Waals surface area contributed by atoms with Crippen molar-refractivity contribution in [2.24, 2.45) is 0 Å². The van der Waals surface area contributed by atoms with Crippen LogP contribution in [0.15, 0.2) is 168 Å². The highest BCUT2D eigenvalue weighted by molar-refractivity contribution is 6.21. The van der Waals surface area contributed by atoms with E-state index in [-0.39, 0.29) is 5.41 Å². The van der Waals surface area contributed by atoms with Crippen molar-refractivity contribution < 1.29 is 4.42 Å². The molecule has 10 rings (SSSR count). The summed E-state index contributed by atoms with van der Waals surface area (Å²) in [7, 11) is 0. The molecule has 0 aliphatic heterocycles. The topological polar surface area (TPSA) is 16.4 Å². The first-order valence-electron chi connectivity index (χ1n) is 17.0. The Labute approximate surface area is 285 Å². The molecule has 0 unspecified atom stereocenters. The van der Waals surface area contributed by atoms with E-state index in [0.29, 0.717) is 0 Å². The number of para-hydroxylation sites is 2. The van der Waals surface area contributed by atoms with Gasteiger partial charge in [-0.05, 0) is 79.7 Å². The van der Waals surface area contributed by atoms with E-state index >= 15 is 0 Å². The van der Waals surface area contributed by atoms with E-state index in [1.54, 1.807) is 0 Å². The Morgan fingerprint density at radius 1 is 0.449 bits per heavy atom. The van der Waals surface area contributed by atoms with E-state index < -0.39 is 0 Å². The second-order valence-electron chi connectivity index (χ2n) is 13.7. The molecule has 1 aliphatic carbocycles. The number of fused-ring (bicyclic) bond motifs is 9. The SMILES string of the molecule is CC1(C)c2ccccc2-c2ccc(N(c3ccccc3-c3cccc4ccccc34)c3cccc4c3oc3ccc5ccccc5c34)cc21. The molecule has 0 saturated carbocycles. The second kappa shape index (κ2) is 10.4. The fraction of sp³-hybridized carbons (Fsp3) is 0.0638. The van der Waals surface area contributed by atoms with Crippen molar-refractivity contribution in [3.8, 4) is 22.3 Å². The summed E-state index contributed by atoms with van der Waals surface area (Å²) in [6.07, 6.45) is 0. The predicted octanol–water partition coefficient (Wildman–Crippen LogP) is 13.3. The van der Waals surface area contributed by atoms with E-state index in [1.165, 1.54) is 54.9 Å². The molecule has 2 heteroatoms. The van der Waals surface area contributed by atoms with Gasteiger partial charge in [-0.3, -0.25) is 0 Å². The van der Waals surface area contributed by atoms with E-state index in [1.807, 2.05) is 0 Å². The lowest BCUT2D eigenvalue weighted by atomic mass is 9.82. The Kier molecular flexibility index (Phi) is 5.95. The van der Waals surface area contributed by atoms with Crippen molar-refractivity contribution in [3.05, 3.63) is 175 Å². The Balaban J connectivity index is 1.28. The first-order valence-corrected chi connectivity index (χ1v) is 17.0. The fourth-order valence-corrected chi connectivity index (χ4v) is 8.33. The monoisotopic (exact) mass is 627 g/mol. The van der Waals surface area contributed by atoms with Crippen LogP contribution >= 0.6 is 0 Å². The number of benzene rings is 8. The van der Waals surface area contributed by atoms with E-state index in [4.69, 9.17) is 4.42 Å². The number of nitrogens with zero attached hydrogens (tertiary/aromatic N) is 1. The Morgan fingerprint density at radius 2 is 1.06 bits per heavy atom. The van der Waals surface area contributed by atoms with Crippen LogP contribution in [0, 0.1) is 0 Å². The van der Waals surface area contributed by atoms with E-state index in [0.717, 1.165) is 39.0 Å². The lowest BCUT2D eigenvalue weighted by Gasteiger charge is -2.30. The van der Waals surface area contributed by atoms with Gasteiger partial charge in [-0.2, -0.15) is 0 Å². The fourth-order valence-electron chi connectivity index (χ4n) is 8.33. The molecule has 0 saturated heterocycles. The van der Waals surface area contributed by atoms with Crippen molar-refractivity contribution in [1.82, 2.24) is 0 Å². The maximum Gasteiger partial charge on any atom is 0.159 e. The first kappa shape index (κ1) is 27.9. The summed E-state index contributed by atoms with van der Waals surface area (Å²) in [4.78, 5) is 2.42. The summed E-state index contributed by atoms with van der Waals surface area (Å²) >= 11 is 0. The minimum atomic E-state index is -0.132. The van der Waals surface area contributed by atoms with Crippen molar-refractivity contribution in [3.63, 3.8) is 0 Å². The van der Waals surface area contributed by atoms with E-state index in [9.17, 15) is 0 Å². The van der Waals surface area contributed by atoms with Gasteiger partial charge in [-0.25, -0.2) is 0 Å². The summed E-state index contributed by atoms with van der Waals surface area (Å²) in [5.74, 6) is 0. The van der Waals surface area contributed by atoms with Gasteiger partial charge >= 0.3 is 0 Å². The molecule has 1 aliphatic rings. The molecular formula is C47H33NO. The van der Waals surface area contributed by atoms with Gasteiger partial charge in [-0.15, -0.1) is 0 Å². The molecule has 0 N–H and O–H groups in total. The highest BCUT2D eigenvalue weighted by Crippen LogP contribution is 2.52. The summed E-state index contributed by atoms with van der Waals surface area (Å²) in [5.41, 5.74) is 12.6. The lowest BCUT2D eigenvalue weighted by Crippen LogP contribution is -2.17. The van der Waals surface area contributed by atoms with E-state index in [2.05, 4.69) is 183 Å². The molecule has 1 heterocycles. The van der Waals surface area contributed by atoms with Gasteiger partial charge in [0, 0.05) is 27.4 Å². The van der Waals surface area contributed by atoms with Gasteiger partial charge in [0.25, 0.3) is 0 Å². The highest BCUT2D eigenvalue weighted by atomic mass is 16.3. The summed E-state index contributed by atoms with van der Waals surface area (Å²) in [5, 5.41) is 7.15. The number of rotatable bonds is 4. The van der Waals surface area contributed by atoms with Crippen LogP contribution in [-0.4, -0.2) is 0 Å². The number of hydrogen-bond donors (Lipinski definition) is 0. The summed E-state index contributed by atoms with van der Waals surface area (Å²) in [6, 6.07) is 59.4. The number of hydrogen-bond acceptors (Lipinski definition) is 2. The van der Waals surface area contributed by atoms with Gasteiger partial charge in [0.15, 0.2) is 5.58 Å². The van der Waals surface area contributed by atoms with Crippen LogP contribution in [0.4, 0.5) is 17.1 Å². The quantitative estimate of drug-likeness (QED) is 0.193. The maximum absolute atomic E-state index is 6.87. The molecule has 0 radical (unpaired) electrons. The van der Waals surface area contributed by atoms with Gasteiger partial charge in [-0.1, -0.05) is 147 Å². The van der Waals surface area contributed by atoms with Gasteiger partial charge in [0.1, 0.15) is 5.58 Å². The number of furan rings is 1. The summed E-state index contributed by atoms with van der Waals surface area (Å²) < 4.78 is 6.87. The van der Waals surface area contributed by atoms with Crippen LogP contribution in [-0.2, 0) is 5.41 Å². The van der Waals surface area contributed by atoms with Crippen LogP contribution < -0.4 is 4.90 Å². The average molecular weight is 628 g/mol. The molecule has 0 fully saturated rings. The highest BCUT2D eigenvalue weighted by Gasteiger charge is 2.36. The standard InChI is InChI=1S/C47H33NO/c1-47(2)40-22-9-7-18-36(40)37-27-26-32(29-41(37)47)48(42-23-10-8-19-38(42)35-20-11-15-30-13-3-5-16-33(30)35)43-24-12-21-39-45-34-17-6-4-14-31(34)25-28-44(45)49-46(39)43/h3-29H,1-2H3. The normalized spacial score (nSPS) is 13.3. The molecule has 8 aromatic carbocycles. The largest absolute Gasteiger partial charge is 0.454 e. The zero-order valence-electron chi connectivity index (χ0n) is 27.4. The molecule has 0 spiro atoms. The van der Waals surface area contributed by atoms with Gasteiger partial charge in [0.2, 0.25) is 0 Å². The third-order valence-corrected chi connectivity index (χ3v) is 10.7. The molecule has 49 heavy (non-hydrogen) atoms. The van der Waals surface area contributed by atoms with Gasteiger partial charge in [0.05, 0.1) is 11.4 Å². The third-order valence-electron chi connectivity index (χ3n) is 10.7. The Hall–Kier alpha value is -6.12. The second-order valence-corrected chi connectivity index (χ2v) is 13.7. The Bertz CT molecular complexity index is 2760. The number of anilines is 3. The minimum absolute atomic E-state index is 0.132. The summed E-state index contributed by atoms with van der Waals surface area (Å²) in [6.45, 7) is 4.70. The predicted molar refractivity (Wildman–Crippen MR) is 206 cm³/mol. The Morgan fingerprint density at radius 3 is 1.94 bits per heavy atom. The molecule has 0 amide bonds. The van der Waals surface area contributed by atoms with Crippen LogP contribution in [0.1, 0.15) is 25.0 Å². The van der Waals surface area contributed by atoms with Crippen LogP contribution in [0.25, 0.3) is 65.7 Å². The molecular weight excluding hydrogens is 595 g/mol.